The van der Waals surface area contributed by atoms with Gasteiger partial charge in [0.05, 0.1) is 6.54 Å². The van der Waals surface area contributed by atoms with Crippen molar-refractivity contribution in [2.24, 2.45) is 18.9 Å². The number of rotatable bonds is 6. The van der Waals surface area contributed by atoms with Gasteiger partial charge in [-0.2, -0.15) is 4.98 Å². The Kier molecular flexibility index (Phi) is 5.73. The first kappa shape index (κ1) is 22.3. The monoisotopic (exact) mass is 462 g/mol. The van der Waals surface area contributed by atoms with Gasteiger partial charge in [-0.3, -0.25) is 18.7 Å². The van der Waals surface area contributed by atoms with E-state index in [4.69, 9.17) is 4.98 Å². The van der Waals surface area contributed by atoms with Gasteiger partial charge in [0.1, 0.15) is 0 Å². The number of Topliss-reactive ketones (excluding diaryl/α,β-unsaturated/α-hetero) is 1. The number of carbonyl (C=O) groups excluding carboxylic acids is 1. The van der Waals surface area contributed by atoms with Crippen LogP contribution in [0.2, 0.25) is 0 Å². The van der Waals surface area contributed by atoms with Gasteiger partial charge < -0.3 is 14.8 Å². The molecule has 1 N–H and O–H groups in total. The van der Waals surface area contributed by atoms with E-state index >= 15 is 0 Å². The summed E-state index contributed by atoms with van der Waals surface area (Å²) in [7, 11) is 1.61. The molecule has 0 spiro atoms. The van der Waals surface area contributed by atoms with Crippen molar-refractivity contribution in [3.8, 4) is 0 Å². The molecule has 1 aromatic carbocycles. The first-order valence-corrected chi connectivity index (χ1v) is 11.7. The number of aryl methyl sites for hydroxylation is 1. The number of imidazole rings is 1. The number of hydrogen-bond donors (Lipinski definition) is 1. The van der Waals surface area contributed by atoms with E-state index in [1.807, 2.05) is 30.6 Å². The van der Waals surface area contributed by atoms with Crippen molar-refractivity contribution in [2.45, 2.75) is 26.9 Å². The van der Waals surface area contributed by atoms with Crippen LogP contribution in [0.5, 0.6) is 0 Å². The highest BCUT2D eigenvalue weighted by Crippen LogP contribution is 2.31. The van der Waals surface area contributed by atoms with Crippen molar-refractivity contribution in [3.63, 3.8) is 0 Å². The number of nitrogens with zero attached hydrogens (tertiary/aromatic N) is 5. The summed E-state index contributed by atoms with van der Waals surface area (Å²) in [5.41, 5.74) is 1.27. The van der Waals surface area contributed by atoms with Crippen LogP contribution in [0.4, 0.5) is 5.95 Å². The molecule has 178 valence electrons. The Labute approximate surface area is 197 Å². The smallest absolute Gasteiger partial charge is 0.332 e. The van der Waals surface area contributed by atoms with Crippen molar-refractivity contribution in [3.05, 3.63) is 68.4 Å². The largest absolute Gasteiger partial charge is 0.341 e. The molecule has 2 fully saturated rings. The van der Waals surface area contributed by atoms with E-state index in [9.17, 15) is 14.4 Å². The minimum atomic E-state index is -0.539. The lowest BCUT2D eigenvalue weighted by Crippen LogP contribution is -2.41. The number of aromatic nitrogens is 4. The molecule has 0 unspecified atom stereocenters. The molecule has 0 bridgehead atoms. The van der Waals surface area contributed by atoms with Crippen molar-refractivity contribution >= 4 is 22.9 Å². The van der Waals surface area contributed by atoms with Gasteiger partial charge in [-0.25, -0.2) is 4.79 Å². The summed E-state index contributed by atoms with van der Waals surface area (Å²) in [5.74, 6) is 1.54. The number of fused-ring (bicyclic) bond motifs is 2. The van der Waals surface area contributed by atoms with Crippen LogP contribution >= 0.6 is 0 Å². The van der Waals surface area contributed by atoms with Crippen LogP contribution in [-0.2, 0) is 20.1 Å². The Hall–Kier alpha value is -3.46. The Bertz CT molecular complexity index is 1380. The Morgan fingerprint density at radius 3 is 2.41 bits per heavy atom. The summed E-state index contributed by atoms with van der Waals surface area (Å²) in [6, 6.07) is 8.72. The Morgan fingerprint density at radius 1 is 1.09 bits per heavy atom. The van der Waals surface area contributed by atoms with E-state index in [0.717, 1.165) is 36.3 Å². The van der Waals surface area contributed by atoms with Gasteiger partial charge in [0.2, 0.25) is 5.95 Å². The number of nitrogens with one attached hydrogen (secondary N) is 1. The number of anilines is 1. The topological polar surface area (TPSA) is 94.2 Å². The summed E-state index contributed by atoms with van der Waals surface area (Å²) in [4.78, 5) is 46.6. The van der Waals surface area contributed by atoms with Gasteiger partial charge >= 0.3 is 5.69 Å². The molecule has 9 heteroatoms. The standard InChI is InChI=1S/C25H30N6O3/c1-16(2)9-10-30-21-22(27-24(30)29-13-18-11-26-12-19(18)14-29)28(3)25(34)31(23(21)33)15-20(32)17-7-5-4-6-8-17/h4-9,18-19,26H,10-15H2,1-3H3/t18-,19+. The molecule has 0 aliphatic carbocycles. The molecule has 3 aromatic rings. The molecule has 5 rings (SSSR count). The second-order valence-corrected chi connectivity index (χ2v) is 9.58. The molecule has 0 saturated carbocycles. The predicted molar refractivity (Wildman–Crippen MR) is 132 cm³/mol. The molecule has 2 saturated heterocycles. The van der Waals surface area contributed by atoms with Gasteiger partial charge in [-0.15, -0.1) is 0 Å². The molecule has 4 heterocycles. The van der Waals surface area contributed by atoms with E-state index in [1.165, 1.54) is 4.57 Å². The average molecular weight is 463 g/mol. The SMILES string of the molecule is CC(C)=CCn1c(N2C[C@H]3CNC[C@H]3C2)nc2c1c(=O)n(CC(=O)c1ccccc1)c(=O)n2C. The molecule has 2 aliphatic rings. The zero-order chi connectivity index (χ0) is 24.0. The van der Waals surface area contributed by atoms with Gasteiger partial charge in [0.15, 0.2) is 16.9 Å². The number of hydrogen-bond acceptors (Lipinski definition) is 6. The van der Waals surface area contributed by atoms with Crippen LogP contribution < -0.4 is 21.5 Å². The molecule has 2 aromatic heterocycles. The Balaban J connectivity index is 1.64. The van der Waals surface area contributed by atoms with E-state index in [1.54, 1.807) is 31.3 Å². The summed E-state index contributed by atoms with van der Waals surface area (Å²) in [6.45, 7) is 7.89. The van der Waals surface area contributed by atoms with Crippen molar-refractivity contribution in [1.29, 1.82) is 0 Å². The summed E-state index contributed by atoms with van der Waals surface area (Å²) in [5, 5.41) is 3.45. The van der Waals surface area contributed by atoms with E-state index in [2.05, 4.69) is 10.2 Å². The molecule has 9 nitrogen and oxygen atoms in total. The van der Waals surface area contributed by atoms with Gasteiger partial charge in [-0.05, 0) is 25.7 Å². The molecule has 34 heavy (non-hydrogen) atoms. The number of carbonyl (C=O) groups is 1. The first-order chi connectivity index (χ1) is 16.3. The van der Waals surface area contributed by atoms with Crippen LogP contribution in [-0.4, -0.2) is 50.6 Å². The highest BCUT2D eigenvalue weighted by atomic mass is 16.2. The fourth-order valence-corrected chi connectivity index (χ4v) is 5.07. The molecular formula is C25H30N6O3. The van der Waals surface area contributed by atoms with E-state index in [0.29, 0.717) is 41.1 Å². The lowest BCUT2D eigenvalue weighted by Gasteiger charge is -2.19. The lowest BCUT2D eigenvalue weighted by molar-refractivity contribution is 0.0969. The molecular weight excluding hydrogens is 432 g/mol. The second kappa shape index (κ2) is 8.72. The fourth-order valence-electron chi connectivity index (χ4n) is 5.07. The minimum absolute atomic E-state index is 0.283. The maximum atomic E-state index is 13.6. The molecule has 0 amide bonds. The average Bonchev–Trinajstić information content (AvgIpc) is 3.52. The van der Waals surface area contributed by atoms with E-state index < -0.39 is 11.2 Å². The lowest BCUT2D eigenvalue weighted by atomic mass is 10.0. The summed E-state index contributed by atoms with van der Waals surface area (Å²) in [6.07, 6.45) is 2.05. The van der Waals surface area contributed by atoms with Gasteiger partial charge in [0.25, 0.3) is 5.56 Å². The number of allylic oxidation sites excluding steroid dienone is 2. The second-order valence-electron chi connectivity index (χ2n) is 9.58. The number of benzene rings is 1. The third kappa shape index (κ3) is 3.79. The summed E-state index contributed by atoms with van der Waals surface area (Å²) >= 11 is 0. The highest BCUT2D eigenvalue weighted by Gasteiger charge is 2.38. The molecule has 2 aliphatic heterocycles. The van der Waals surface area contributed by atoms with Crippen LogP contribution in [0.1, 0.15) is 24.2 Å². The van der Waals surface area contributed by atoms with Crippen LogP contribution in [0.3, 0.4) is 0 Å². The van der Waals surface area contributed by atoms with Crippen LogP contribution in [0, 0.1) is 11.8 Å². The first-order valence-electron chi connectivity index (χ1n) is 11.7. The minimum Gasteiger partial charge on any atom is -0.341 e. The quantitative estimate of drug-likeness (QED) is 0.440. The maximum Gasteiger partial charge on any atom is 0.332 e. The van der Waals surface area contributed by atoms with Crippen LogP contribution in [0.15, 0.2) is 51.6 Å². The maximum absolute atomic E-state index is 13.6. The zero-order valence-corrected chi connectivity index (χ0v) is 19.8. The molecule has 0 radical (unpaired) electrons. The third-order valence-corrected chi connectivity index (χ3v) is 6.96. The summed E-state index contributed by atoms with van der Waals surface area (Å²) < 4.78 is 4.32. The highest BCUT2D eigenvalue weighted by molar-refractivity contribution is 5.95. The normalized spacial score (nSPS) is 19.6. The predicted octanol–water partition coefficient (Wildman–Crippen LogP) is 1.40. The van der Waals surface area contributed by atoms with Crippen molar-refractivity contribution in [2.75, 3.05) is 31.1 Å². The number of ketones is 1. The zero-order valence-electron chi connectivity index (χ0n) is 19.8. The van der Waals surface area contributed by atoms with Crippen molar-refractivity contribution in [1.82, 2.24) is 24.0 Å². The van der Waals surface area contributed by atoms with Gasteiger partial charge in [-0.1, -0.05) is 42.0 Å². The Morgan fingerprint density at radius 2 is 1.76 bits per heavy atom. The van der Waals surface area contributed by atoms with E-state index in [-0.39, 0.29) is 12.3 Å². The van der Waals surface area contributed by atoms with Gasteiger partial charge in [0, 0.05) is 45.3 Å². The van der Waals surface area contributed by atoms with Crippen molar-refractivity contribution < 1.29 is 4.79 Å². The van der Waals surface area contributed by atoms with Crippen LogP contribution in [0.25, 0.3) is 11.2 Å². The third-order valence-electron chi connectivity index (χ3n) is 6.96. The molecule has 2 atom stereocenters. The fraction of sp³-hybridized carbons (Fsp3) is 0.440.